The monoisotopic (exact) mass is 343 g/mol. The van der Waals surface area contributed by atoms with E-state index < -0.39 is 32.4 Å². The van der Waals surface area contributed by atoms with Gasteiger partial charge in [-0.05, 0) is 17.7 Å². The molecule has 0 unspecified atom stereocenters. The number of nitriles is 1. The van der Waals surface area contributed by atoms with E-state index in [1.807, 2.05) is 0 Å². The summed E-state index contributed by atoms with van der Waals surface area (Å²) in [6.45, 7) is 0. The predicted molar refractivity (Wildman–Crippen MR) is 71.2 cm³/mol. The molecule has 2 rings (SSSR count). The van der Waals surface area contributed by atoms with Crippen LogP contribution in [0.5, 0.6) is 0 Å². The molecule has 5 nitrogen and oxygen atoms in total. The van der Waals surface area contributed by atoms with Crippen molar-refractivity contribution < 1.29 is 18.3 Å². The molecule has 1 fully saturated rings. The molecule has 0 radical (unpaired) electrons. The Bertz CT molecular complexity index is 677. The summed E-state index contributed by atoms with van der Waals surface area (Å²) in [5, 5.41) is 17.2. The molecule has 0 amide bonds. The fourth-order valence-corrected chi connectivity index (χ4v) is 4.51. The van der Waals surface area contributed by atoms with E-state index in [4.69, 9.17) is 5.26 Å². The lowest BCUT2D eigenvalue weighted by Crippen LogP contribution is -2.21. The highest BCUT2D eigenvalue weighted by atomic mass is 79.9. The minimum atomic E-state index is -3.62. The van der Waals surface area contributed by atoms with Crippen LogP contribution in [-0.2, 0) is 14.6 Å². The molecular formula is C12H10BrNO4S. The molecule has 0 spiro atoms. The first-order valence-corrected chi connectivity index (χ1v) is 8.09. The summed E-state index contributed by atoms with van der Waals surface area (Å²) in [6, 6.07) is 8.33. The molecule has 0 bridgehead atoms. The third-order valence-corrected chi connectivity index (χ3v) is 5.46. The van der Waals surface area contributed by atoms with Gasteiger partial charge in [0.25, 0.3) is 0 Å². The molecular weight excluding hydrogens is 334 g/mol. The number of sulfone groups is 1. The summed E-state index contributed by atoms with van der Waals surface area (Å²) in [6.07, 6.45) is 0.964. The van der Waals surface area contributed by atoms with Crippen LogP contribution >= 0.6 is 15.9 Å². The Hall–Kier alpha value is -1.39. The zero-order valence-corrected chi connectivity index (χ0v) is 12.3. The van der Waals surface area contributed by atoms with Crippen LogP contribution in [0, 0.1) is 16.7 Å². The fraction of sp³-hybridized carbons (Fsp3) is 0.333. The Morgan fingerprint density at radius 1 is 1.42 bits per heavy atom. The summed E-state index contributed by atoms with van der Waals surface area (Å²) >= 11 is 3.24. The van der Waals surface area contributed by atoms with E-state index in [-0.39, 0.29) is 0 Å². The zero-order valence-electron chi connectivity index (χ0n) is 9.87. The lowest BCUT2D eigenvalue weighted by atomic mass is 10.0. The SMILES string of the molecule is CS(=O)(=O)[C@@H]1[C@@H](c2ccc(Br)cc2)[C@]1(C#N)C(=O)O. The van der Waals surface area contributed by atoms with Gasteiger partial charge < -0.3 is 5.11 Å². The van der Waals surface area contributed by atoms with Crippen LogP contribution in [0.25, 0.3) is 0 Å². The highest BCUT2D eigenvalue weighted by Crippen LogP contribution is 2.62. The number of carbonyl (C=O) groups is 1. The lowest BCUT2D eigenvalue weighted by Gasteiger charge is -2.02. The van der Waals surface area contributed by atoms with Crippen molar-refractivity contribution in [2.75, 3.05) is 6.26 Å². The van der Waals surface area contributed by atoms with Crippen LogP contribution in [0.1, 0.15) is 11.5 Å². The number of carboxylic acids is 1. The molecule has 1 saturated carbocycles. The van der Waals surface area contributed by atoms with Gasteiger partial charge in [-0.15, -0.1) is 0 Å². The second-order valence-corrected chi connectivity index (χ2v) is 7.65. The minimum absolute atomic E-state index is 0.544. The molecule has 0 heterocycles. The molecule has 0 aromatic heterocycles. The zero-order chi connectivity index (χ0) is 14.4. The summed E-state index contributed by atoms with van der Waals surface area (Å²) in [5.74, 6) is -2.21. The van der Waals surface area contributed by atoms with Crippen molar-refractivity contribution in [3.63, 3.8) is 0 Å². The number of hydrogen-bond acceptors (Lipinski definition) is 4. The van der Waals surface area contributed by atoms with E-state index in [2.05, 4.69) is 15.9 Å². The number of carboxylic acid groups (broad SMARTS) is 1. The van der Waals surface area contributed by atoms with Gasteiger partial charge >= 0.3 is 5.97 Å². The molecule has 1 aromatic rings. The molecule has 19 heavy (non-hydrogen) atoms. The lowest BCUT2D eigenvalue weighted by molar-refractivity contribution is -0.141. The van der Waals surface area contributed by atoms with E-state index in [0.717, 1.165) is 10.7 Å². The van der Waals surface area contributed by atoms with Crippen LogP contribution in [0.15, 0.2) is 28.7 Å². The summed E-state index contributed by atoms with van der Waals surface area (Å²) < 4.78 is 24.2. The van der Waals surface area contributed by atoms with Crippen molar-refractivity contribution in [1.82, 2.24) is 0 Å². The molecule has 0 aliphatic heterocycles. The Labute approximate surface area is 118 Å². The van der Waals surface area contributed by atoms with Gasteiger partial charge in [-0.2, -0.15) is 5.26 Å². The maximum absolute atomic E-state index is 11.7. The molecule has 1 aromatic carbocycles. The smallest absolute Gasteiger partial charge is 0.326 e. The molecule has 1 N–H and O–H groups in total. The molecule has 100 valence electrons. The van der Waals surface area contributed by atoms with Gasteiger partial charge in [-0.25, -0.2) is 8.42 Å². The summed E-state index contributed by atoms with van der Waals surface area (Å²) in [7, 11) is -3.62. The van der Waals surface area contributed by atoms with Gasteiger partial charge in [0.15, 0.2) is 15.3 Å². The second-order valence-electron chi connectivity index (χ2n) is 4.57. The average molecular weight is 344 g/mol. The largest absolute Gasteiger partial charge is 0.480 e. The Kier molecular flexibility index (Phi) is 3.19. The summed E-state index contributed by atoms with van der Waals surface area (Å²) in [4.78, 5) is 11.3. The van der Waals surface area contributed by atoms with Crippen molar-refractivity contribution in [2.45, 2.75) is 11.2 Å². The third-order valence-electron chi connectivity index (χ3n) is 3.36. The van der Waals surface area contributed by atoms with Gasteiger partial charge in [-0.3, -0.25) is 4.79 Å². The van der Waals surface area contributed by atoms with Crippen molar-refractivity contribution in [1.29, 1.82) is 5.26 Å². The Balaban J connectivity index is 2.54. The maximum Gasteiger partial charge on any atom is 0.326 e. The highest BCUT2D eigenvalue weighted by molar-refractivity contribution is 9.10. The highest BCUT2D eigenvalue weighted by Gasteiger charge is 2.76. The molecule has 0 saturated heterocycles. The van der Waals surface area contributed by atoms with E-state index in [1.54, 1.807) is 30.3 Å². The average Bonchev–Trinajstić information content (AvgIpc) is 3.00. The fourth-order valence-electron chi connectivity index (χ4n) is 2.48. The Morgan fingerprint density at radius 2 is 1.95 bits per heavy atom. The topological polar surface area (TPSA) is 95.2 Å². The number of rotatable bonds is 3. The predicted octanol–water partition coefficient (Wildman–Crippen LogP) is 1.55. The maximum atomic E-state index is 11.7. The van der Waals surface area contributed by atoms with Gasteiger partial charge in [0.2, 0.25) is 0 Å². The van der Waals surface area contributed by atoms with Crippen LogP contribution in [-0.4, -0.2) is 31.0 Å². The molecule has 1 aliphatic rings. The standard InChI is InChI=1S/C12H10BrNO4S/c1-19(17,18)10-9(12(10,6-14)11(15)16)7-2-4-8(13)5-3-7/h2-5,9-10H,1H3,(H,15,16)/t9-,10-,12+/m1/s1. The first-order valence-electron chi connectivity index (χ1n) is 5.34. The quantitative estimate of drug-likeness (QED) is 0.898. The number of aliphatic carboxylic acids is 1. The van der Waals surface area contributed by atoms with Gasteiger partial charge in [0.05, 0.1) is 6.07 Å². The van der Waals surface area contributed by atoms with Crippen molar-refractivity contribution in [3.05, 3.63) is 34.3 Å². The third kappa shape index (κ3) is 2.05. The normalized spacial score (nSPS) is 29.5. The summed E-state index contributed by atoms with van der Waals surface area (Å²) in [5.41, 5.74) is -1.33. The van der Waals surface area contributed by atoms with Crippen molar-refractivity contribution >= 4 is 31.7 Å². The first kappa shape index (κ1) is 14.0. The molecule has 1 aliphatic carbocycles. The van der Waals surface area contributed by atoms with Crippen LogP contribution in [0.4, 0.5) is 0 Å². The minimum Gasteiger partial charge on any atom is -0.480 e. The Morgan fingerprint density at radius 3 is 2.26 bits per heavy atom. The van der Waals surface area contributed by atoms with Crippen molar-refractivity contribution in [2.24, 2.45) is 5.41 Å². The van der Waals surface area contributed by atoms with E-state index in [9.17, 15) is 18.3 Å². The van der Waals surface area contributed by atoms with Crippen LogP contribution in [0.2, 0.25) is 0 Å². The van der Waals surface area contributed by atoms with E-state index >= 15 is 0 Å². The molecule has 3 atom stereocenters. The van der Waals surface area contributed by atoms with Crippen LogP contribution < -0.4 is 0 Å². The number of nitrogens with zero attached hydrogens (tertiary/aromatic N) is 1. The van der Waals surface area contributed by atoms with Crippen LogP contribution in [0.3, 0.4) is 0 Å². The van der Waals surface area contributed by atoms with Crippen molar-refractivity contribution in [3.8, 4) is 6.07 Å². The van der Waals surface area contributed by atoms with Gasteiger partial charge in [0, 0.05) is 16.6 Å². The van der Waals surface area contributed by atoms with Gasteiger partial charge in [-0.1, -0.05) is 28.1 Å². The van der Waals surface area contributed by atoms with E-state index in [1.165, 1.54) is 0 Å². The van der Waals surface area contributed by atoms with E-state index in [0.29, 0.717) is 5.56 Å². The van der Waals surface area contributed by atoms with Gasteiger partial charge in [0.1, 0.15) is 5.25 Å². The number of benzene rings is 1. The first-order chi connectivity index (χ1) is 8.75. The number of hydrogen-bond donors (Lipinski definition) is 1. The second kappa shape index (κ2) is 4.32. The number of halogens is 1. The molecule has 7 heteroatoms.